The number of ether oxygens (including phenoxy) is 1. The molecule has 0 bridgehead atoms. The van der Waals surface area contributed by atoms with E-state index in [9.17, 15) is 4.39 Å². The topological polar surface area (TPSA) is 35.2 Å². The monoisotopic (exact) mass is 237 g/mol. The molecule has 1 aliphatic heterocycles. The highest BCUT2D eigenvalue weighted by atomic mass is 19.1. The zero-order valence-electron chi connectivity index (χ0n) is 10.7. The SMILES string of the molecule is CC(C)CC1(C)CC(N)c2ccc(F)cc2O1. The molecule has 94 valence electrons. The fraction of sp³-hybridized carbons (Fsp3) is 0.571. The predicted molar refractivity (Wildman–Crippen MR) is 66.4 cm³/mol. The zero-order valence-corrected chi connectivity index (χ0v) is 10.7. The van der Waals surface area contributed by atoms with Gasteiger partial charge in [0.15, 0.2) is 0 Å². The van der Waals surface area contributed by atoms with Crippen LogP contribution < -0.4 is 10.5 Å². The van der Waals surface area contributed by atoms with Gasteiger partial charge in [-0.25, -0.2) is 4.39 Å². The lowest BCUT2D eigenvalue weighted by Crippen LogP contribution is -2.41. The van der Waals surface area contributed by atoms with Crippen molar-refractivity contribution in [2.45, 2.75) is 45.3 Å². The lowest BCUT2D eigenvalue weighted by Gasteiger charge is -2.39. The minimum Gasteiger partial charge on any atom is -0.487 e. The second kappa shape index (κ2) is 4.30. The highest BCUT2D eigenvalue weighted by Crippen LogP contribution is 2.41. The van der Waals surface area contributed by atoms with Crippen LogP contribution in [0.4, 0.5) is 4.39 Å². The Kier molecular flexibility index (Phi) is 3.13. The van der Waals surface area contributed by atoms with Gasteiger partial charge in [-0.15, -0.1) is 0 Å². The van der Waals surface area contributed by atoms with E-state index in [0.29, 0.717) is 11.7 Å². The Morgan fingerprint density at radius 2 is 2.24 bits per heavy atom. The highest BCUT2D eigenvalue weighted by Gasteiger charge is 2.36. The summed E-state index contributed by atoms with van der Waals surface area (Å²) in [5, 5.41) is 0. The number of rotatable bonds is 2. The van der Waals surface area contributed by atoms with Crippen molar-refractivity contribution in [2.24, 2.45) is 11.7 Å². The second-order valence-corrected chi connectivity index (χ2v) is 5.64. The van der Waals surface area contributed by atoms with Gasteiger partial charge in [-0.05, 0) is 25.3 Å². The summed E-state index contributed by atoms with van der Waals surface area (Å²) in [6.45, 7) is 6.36. The van der Waals surface area contributed by atoms with E-state index in [1.54, 1.807) is 6.07 Å². The highest BCUT2D eigenvalue weighted by molar-refractivity contribution is 5.39. The maximum absolute atomic E-state index is 13.2. The second-order valence-electron chi connectivity index (χ2n) is 5.64. The summed E-state index contributed by atoms with van der Waals surface area (Å²) in [6, 6.07) is 4.53. The Hall–Kier alpha value is -1.09. The maximum Gasteiger partial charge on any atom is 0.127 e. The number of fused-ring (bicyclic) bond motifs is 1. The van der Waals surface area contributed by atoms with Gasteiger partial charge in [0.25, 0.3) is 0 Å². The molecule has 0 saturated carbocycles. The zero-order chi connectivity index (χ0) is 12.6. The van der Waals surface area contributed by atoms with Gasteiger partial charge in [-0.1, -0.05) is 19.9 Å². The van der Waals surface area contributed by atoms with Crippen LogP contribution in [-0.2, 0) is 0 Å². The molecule has 0 aromatic heterocycles. The summed E-state index contributed by atoms with van der Waals surface area (Å²) >= 11 is 0. The van der Waals surface area contributed by atoms with Gasteiger partial charge in [-0.2, -0.15) is 0 Å². The van der Waals surface area contributed by atoms with Crippen LogP contribution in [0.5, 0.6) is 5.75 Å². The van der Waals surface area contributed by atoms with Crippen LogP contribution in [0.2, 0.25) is 0 Å². The van der Waals surface area contributed by atoms with Crippen molar-refractivity contribution in [2.75, 3.05) is 0 Å². The first kappa shape index (κ1) is 12.4. The largest absolute Gasteiger partial charge is 0.487 e. The fourth-order valence-corrected chi connectivity index (χ4v) is 2.77. The molecule has 0 aliphatic carbocycles. The first-order valence-electron chi connectivity index (χ1n) is 6.14. The van der Waals surface area contributed by atoms with Crippen LogP contribution in [0.1, 0.15) is 45.2 Å². The number of benzene rings is 1. The number of hydrogen-bond donors (Lipinski definition) is 1. The molecular formula is C14H20FNO. The average molecular weight is 237 g/mol. The van der Waals surface area contributed by atoms with E-state index >= 15 is 0 Å². The molecule has 3 heteroatoms. The van der Waals surface area contributed by atoms with Crippen LogP contribution in [-0.4, -0.2) is 5.60 Å². The normalized spacial score (nSPS) is 27.8. The summed E-state index contributed by atoms with van der Waals surface area (Å²) in [6.07, 6.45) is 1.71. The van der Waals surface area contributed by atoms with E-state index < -0.39 is 0 Å². The lowest BCUT2D eigenvalue weighted by atomic mass is 9.83. The molecule has 2 nitrogen and oxygen atoms in total. The molecule has 1 aliphatic rings. The Labute approximate surface area is 102 Å². The van der Waals surface area contributed by atoms with Crippen molar-refractivity contribution in [1.82, 2.24) is 0 Å². The molecule has 0 amide bonds. The van der Waals surface area contributed by atoms with Crippen molar-refractivity contribution in [3.05, 3.63) is 29.6 Å². The van der Waals surface area contributed by atoms with Crippen molar-refractivity contribution < 1.29 is 9.13 Å². The number of hydrogen-bond acceptors (Lipinski definition) is 2. The number of nitrogens with two attached hydrogens (primary N) is 1. The van der Waals surface area contributed by atoms with Crippen LogP contribution in [0.25, 0.3) is 0 Å². The van der Waals surface area contributed by atoms with Crippen LogP contribution >= 0.6 is 0 Å². The summed E-state index contributed by atoms with van der Waals surface area (Å²) in [7, 11) is 0. The van der Waals surface area contributed by atoms with E-state index in [1.807, 2.05) is 0 Å². The molecule has 2 atom stereocenters. The number of halogens is 1. The fourth-order valence-electron chi connectivity index (χ4n) is 2.77. The minimum absolute atomic E-state index is 0.0666. The molecule has 0 saturated heterocycles. The molecular weight excluding hydrogens is 217 g/mol. The summed E-state index contributed by atoms with van der Waals surface area (Å²) in [5.41, 5.74) is 6.77. The van der Waals surface area contributed by atoms with E-state index in [-0.39, 0.29) is 17.5 Å². The first-order chi connectivity index (χ1) is 7.89. The smallest absolute Gasteiger partial charge is 0.127 e. The van der Waals surface area contributed by atoms with E-state index in [1.165, 1.54) is 12.1 Å². The third-order valence-corrected chi connectivity index (χ3v) is 3.22. The van der Waals surface area contributed by atoms with Gasteiger partial charge in [0.2, 0.25) is 0 Å². The Balaban J connectivity index is 2.31. The van der Waals surface area contributed by atoms with Crippen molar-refractivity contribution in [3.8, 4) is 5.75 Å². The van der Waals surface area contributed by atoms with E-state index in [2.05, 4.69) is 20.8 Å². The van der Waals surface area contributed by atoms with Crippen molar-refractivity contribution in [3.63, 3.8) is 0 Å². The summed E-state index contributed by atoms with van der Waals surface area (Å²) in [5.74, 6) is 0.860. The third kappa shape index (κ3) is 2.60. The molecule has 1 heterocycles. The van der Waals surface area contributed by atoms with E-state index in [4.69, 9.17) is 10.5 Å². The molecule has 1 aromatic carbocycles. The Morgan fingerprint density at radius 3 is 2.88 bits per heavy atom. The molecule has 2 N–H and O–H groups in total. The summed E-state index contributed by atoms with van der Waals surface area (Å²) < 4.78 is 19.2. The quantitative estimate of drug-likeness (QED) is 0.855. The van der Waals surface area contributed by atoms with E-state index in [0.717, 1.165) is 18.4 Å². The maximum atomic E-state index is 13.2. The molecule has 0 radical (unpaired) electrons. The lowest BCUT2D eigenvalue weighted by molar-refractivity contribution is 0.0337. The third-order valence-electron chi connectivity index (χ3n) is 3.22. The van der Waals surface area contributed by atoms with Gasteiger partial charge in [-0.3, -0.25) is 0 Å². The molecule has 17 heavy (non-hydrogen) atoms. The molecule has 2 unspecified atom stereocenters. The minimum atomic E-state index is -0.283. The van der Waals surface area contributed by atoms with Gasteiger partial charge in [0, 0.05) is 24.1 Å². The van der Waals surface area contributed by atoms with Gasteiger partial charge < -0.3 is 10.5 Å². The van der Waals surface area contributed by atoms with Crippen molar-refractivity contribution >= 4 is 0 Å². The Morgan fingerprint density at radius 1 is 1.53 bits per heavy atom. The predicted octanol–water partition coefficient (Wildman–Crippen LogP) is 3.41. The van der Waals surface area contributed by atoms with Gasteiger partial charge >= 0.3 is 0 Å². The molecule has 0 spiro atoms. The average Bonchev–Trinajstić information content (AvgIpc) is 2.13. The van der Waals surface area contributed by atoms with Gasteiger partial charge in [0.1, 0.15) is 17.2 Å². The van der Waals surface area contributed by atoms with Gasteiger partial charge in [0.05, 0.1) is 0 Å². The first-order valence-corrected chi connectivity index (χ1v) is 6.14. The molecule has 1 aromatic rings. The Bertz CT molecular complexity index is 419. The van der Waals surface area contributed by atoms with Crippen LogP contribution in [0.15, 0.2) is 18.2 Å². The standard InChI is InChI=1S/C14H20FNO/c1-9(2)7-14(3)8-12(16)11-5-4-10(15)6-13(11)17-14/h4-6,9,12H,7-8,16H2,1-3H3. The summed E-state index contributed by atoms with van der Waals surface area (Å²) in [4.78, 5) is 0. The molecule has 2 rings (SSSR count). The van der Waals surface area contributed by atoms with Crippen LogP contribution in [0, 0.1) is 11.7 Å². The van der Waals surface area contributed by atoms with Crippen LogP contribution in [0.3, 0.4) is 0 Å². The van der Waals surface area contributed by atoms with Crippen molar-refractivity contribution in [1.29, 1.82) is 0 Å². The molecule has 0 fully saturated rings.